The third-order valence-electron chi connectivity index (χ3n) is 4.41. The van der Waals surface area contributed by atoms with Crippen LogP contribution in [0.25, 0.3) is 0 Å². The van der Waals surface area contributed by atoms with Gasteiger partial charge in [-0.1, -0.05) is 12.1 Å². The minimum absolute atomic E-state index is 0.00358. The fraction of sp³-hybridized carbons (Fsp3) is 0.526. The molecule has 1 aliphatic heterocycles. The van der Waals surface area contributed by atoms with E-state index in [1.54, 1.807) is 29.0 Å². The molecule has 1 aromatic rings. The number of piperazine rings is 1. The van der Waals surface area contributed by atoms with Crippen molar-refractivity contribution in [3.63, 3.8) is 0 Å². The van der Waals surface area contributed by atoms with Crippen molar-refractivity contribution in [3.8, 4) is 11.5 Å². The molecular weight excluding hydrogens is 352 g/mol. The number of methoxy groups -OCH3 is 1. The number of aliphatic carboxylic acids is 1. The Morgan fingerprint density at radius 3 is 2.04 bits per heavy atom. The summed E-state index contributed by atoms with van der Waals surface area (Å²) in [7, 11) is 1.57. The Balaban J connectivity index is 1.68. The van der Waals surface area contributed by atoms with Gasteiger partial charge in [0, 0.05) is 39.0 Å². The highest BCUT2D eigenvalue weighted by atomic mass is 16.5. The minimum Gasteiger partial charge on any atom is -0.493 e. The van der Waals surface area contributed by atoms with Crippen LogP contribution in [0.4, 0.5) is 0 Å². The second kappa shape index (κ2) is 10.4. The fourth-order valence-electron chi connectivity index (χ4n) is 2.90. The van der Waals surface area contributed by atoms with Gasteiger partial charge in [-0.25, -0.2) is 0 Å². The summed E-state index contributed by atoms with van der Waals surface area (Å²) < 4.78 is 10.8. The maximum absolute atomic E-state index is 12.3. The molecule has 8 nitrogen and oxygen atoms in total. The zero-order valence-electron chi connectivity index (χ0n) is 15.6. The Bertz CT molecular complexity index is 655. The molecule has 27 heavy (non-hydrogen) atoms. The lowest BCUT2D eigenvalue weighted by Crippen LogP contribution is -2.50. The molecule has 1 N–H and O–H groups in total. The Kier molecular flexibility index (Phi) is 7.91. The average molecular weight is 378 g/mol. The number of ether oxygens (including phenoxy) is 2. The summed E-state index contributed by atoms with van der Waals surface area (Å²) in [5.74, 6) is 0.267. The quantitative estimate of drug-likeness (QED) is 0.698. The van der Waals surface area contributed by atoms with E-state index in [4.69, 9.17) is 14.6 Å². The Morgan fingerprint density at radius 2 is 1.48 bits per heavy atom. The van der Waals surface area contributed by atoms with Gasteiger partial charge in [0.2, 0.25) is 11.8 Å². The molecule has 0 atom stereocenters. The monoisotopic (exact) mass is 378 g/mol. The number of rotatable bonds is 9. The fourth-order valence-corrected chi connectivity index (χ4v) is 2.90. The molecule has 0 aliphatic carbocycles. The molecule has 1 aromatic carbocycles. The summed E-state index contributed by atoms with van der Waals surface area (Å²) in [6, 6.07) is 7.27. The predicted molar refractivity (Wildman–Crippen MR) is 97.8 cm³/mol. The third-order valence-corrected chi connectivity index (χ3v) is 4.41. The van der Waals surface area contributed by atoms with Crippen molar-refractivity contribution in [1.82, 2.24) is 9.80 Å². The van der Waals surface area contributed by atoms with Crippen LogP contribution in [0.5, 0.6) is 11.5 Å². The largest absolute Gasteiger partial charge is 0.493 e. The van der Waals surface area contributed by atoms with Gasteiger partial charge in [0.1, 0.15) is 0 Å². The number of nitrogens with zero attached hydrogens (tertiary/aromatic N) is 2. The van der Waals surface area contributed by atoms with E-state index in [1.807, 2.05) is 12.1 Å². The SMILES string of the molecule is COc1ccccc1OCCC(=O)N1CCN(C(=O)CCCC(=O)O)CC1. The van der Waals surface area contributed by atoms with Gasteiger partial charge in [0.15, 0.2) is 11.5 Å². The number of carboxylic acid groups (broad SMARTS) is 1. The smallest absolute Gasteiger partial charge is 0.303 e. The van der Waals surface area contributed by atoms with Crippen LogP contribution in [0.15, 0.2) is 24.3 Å². The van der Waals surface area contributed by atoms with E-state index in [2.05, 4.69) is 0 Å². The molecule has 148 valence electrons. The van der Waals surface area contributed by atoms with E-state index >= 15 is 0 Å². The van der Waals surface area contributed by atoms with Crippen molar-refractivity contribution in [2.45, 2.75) is 25.7 Å². The van der Waals surface area contributed by atoms with Crippen molar-refractivity contribution in [3.05, 3.63) is 24.3 Å². The summed E-state index contributed by atoms with van der Waals surface area (Å²) in [6.45, 7) is 2.18. The standard InChI is InChI=1S/C19H26N2O6/c1-26-15-5-2-3-6-16(15)27-14-9-18(23)21-12-10-20(11-13-21)17(22)7-4-8-19(24)25/h2-3,5-6H,4,7-14H2,1H3,(H,24,25). The molecule has 1 saturated heterocycles. The van der Waals surface area contributed by atoms with Crippen molar-refractivity contribution in [1.29, 1.82) is 0 Å². The Labute approximate surface area is 158 Å². The van der Waals surface area contributed by atoms with Gasteiger partial charge < -0.3 is 24.4 Å². The molecule has 1 heterocycles. The minimum atomic E-state index is -0.895. The van der Waals surface area contributed by atoms with E-state index < -0.39 is 5.97 Å². The first-order chi connectivity index (χ1) is 13.0. The van der Waals surface area contributed by atoms with Crippen molar-refractivity contribution in [2.75, 3.05) is 39.9 Å². The topological polar surface area (TPSA) is 96.4 Å². The van der Waals surface area contributed by atoms with Crippen LogP contribution in [0.2, 0.25) is 0 Å². The van der Waals surface area contributed by atoms with Gasteiger partial charge in [-0.2, -0.15) is 0 Å². The number of carboxylic acids is 1. The molecule has 8 heteroatoms. The lowest BCUT2D eigenvalue weighted by Gasteiger charge is -2.35. The van der Waals surface area contributed by atoms with Crippen LogP contribution in [-0.4, -0.2) is 72.6 Å². The van der Waals surface area contributed by atoms with E-state index in [0.717, 1.165) is 0 Å². The number of carbonyl (C=O) groups excluding carboxylic acids is 2. The summed E-state index contributed by atoms with van der Waals surface area (Å²) in [6.07, 6.45) is 0.821. The maximum Gasteiger partial charge on any atom is 0.303 e. The van der Waals surface area contributed by atoms with Gasteiger partial charge in [0.05, 0.1) is 20.1 Å². The molecule has 0 aromatic heterocycles. The first-order valence-corrected chi connectivity index (χ1v) is 9.04. The molecule has 2 rings (SSSR count). The zero-order valence-corrected chi connectivity index (χ0v) is 15.6. The average Bonchev–Trinajstić information content (AvgIpc) is 2.68. The number of carbonyl (C=O) groups is 3. The predicted octanol–water partition coefficient (Wildman–Crippen LogP) is 1.39. The van der Waals surface area contributed by atoms with Crippen molar-refractivity contribution in [2.24, 2.45) is 0 Å². The van der Waals surface area contributed by atoms with Gasteiger partial charge in [-0.05, 0) is 18.6 Å². The second-order valence-corrected chi connectivity index (χ2v) is 6.26. The van der Waals surface area contributed by atoms with E-state index in [0.29, 0.717) is 44.1 Å². The van der Waals surface area contributed by atoms with Gasteiger partial charge in [-0.15, -0.1) is 0 Å². The first-order valence-electron chi connectivity index (χ1n) is 9.04. The normalized spacial score (nSPS) is 14.0. The number of para-hydroxylation sites is 2. The summed E-state index contributed by atoms with van der Waals surface area (Å²) in [4.78, 5) is 38.3. The summed E-state index contributed by atoms with van der Waals surface area (Å²) in [5, 5.41) is 8.62. The Morgan fingerprint density at radius 1 is 0.926 bits per heavy atom. The molecular formula is C19H26N2O6. The third kappa shape index (κ3) is 6.47. The highest BCUT2D eigenvalue weighted by Crippen LogP contribution is 2.25. The molecule has 0 saturated carbocycles. The molecule has 1 fully saturated rings. The van der Waals surface area contributed by atoms with E-state index in [9.17, 15) is 14.4 Å². The number of benzene rings is 1. The molecule has 2 amide bonds. The summed E-state index contributed by atoms with van der Waals surface area (Å²) >= 11 is 0. The number of amides is 2. The van der Waals surface area contributed by atoms with Crippen LogP contribution < -0.4 is 9.47 Å². The molecule has 0 radical (unpaired) electrons. The number of hydrogen-bond acceptors (Lipinski definition) is 5. The zero-order chi connectivity index (χ0) is 19.6. The second-order valence-electron chi connectivity index (χ2n) is 6.26. The van der Waals surface area contributed by atoms with E-state index in [-0.39, 0.29) is 37.7 Å². The van der Waals surface area contributed by atoms with Crippen LogP contribution in [0.3, 0.4) is 0 Å². The van der Waals surface area contributed by atoms with E-state index in [1.165, 1.54) is 0 Å². The molecule has 0 unspecified atom stereocenters. The van der Waals surface area contributed by atoms with Crippen LogP contribution in [-0.2, 0) is 14.4 Å². The maximum atomic E-state index is 12.3. The molecule has 1 aliphatic rings. The molecule has 0 bridgehead atoms. The first kappa shape index (κ1) is 20.5. The van der Waals surface area contributed by atoms with Crippen LogP contribution in [0, 0.1) is 0 Å². The number of hydrogen-bond donors (Lipinski definition) is 1. The lowest BCUT2D eigenvalue weighted by atomic mass is 10.2. The van der Waals surface area contributed by atoms with Crippen LogP contribution >= 0.6 is 0 Å². The summed E-state index contributed by atoms with van der Waals surface area (Å²) in [5.41, 5.74) is 0. The lowest BCUT2D eigenvalue weighted by molar-refractivity contribution is -0.140. The highest BCUT2D eigenvalue weighted by Gasteiger charge is 2.23. The van der Waals surface area contributed by atoms with Crippen molar-refractivity contribution >= 4 is 17.8 Å². The van der Waals surface area contributed by atoms with Crippen molar-refractivity contribution < 1.29 is 29.0 Å². The Hall–Kier alpha value is -2.77. The van der Waals surface area contributed by atoms with Gasteiger partial charge >= 0.3 is 5.97 Å². The highest BCUT2D eigenvalue weighted by molar-refractivity contribution is 5.79. The van der Waals surface area contributed by atoms with Crippen LogP contribution in [0.1, 0.15) is 25.7 Å². The molecule has 0 spiro atoms. The van der Waals surface area contributed by atoms with Gasteiger partial charge in [-0.3, -0.25) is 14.4 Å². The van der Waals surface area contributed by atoms with Gasteiger partial charge in [0.25, 0.3) is 0 Å².